The summed E-state index contributed by atoms with van der Waals surface area (Å²) in [4.78, 5) is 12.6. The first-order chi connectivity index (χ1) is 13.8. The Hall–Kier alpha value is -1.49. The van der Waals surface area contributed by atoms with Crippen molar-refractivity contribution in [3.8, 4) is 0 Å². The maximum Gasteiger partial charge on any atom is 0.243 e. The zero-order chi connectivity index (χ0) is 22.7. The predicted molar refractivity (Wildman–Crippen MR) is 116 cm³/mol. The van der Waals surface area contributed by atoms with Crippen LogP contribution in [0.15, 0.2) is 34.1 Å². The van der Waals surface area contributed by atoms with Gasteiger partial charge in [-0.25, -0.2) is 16.8 Å². The Balaban J connectivity index is 2.22. The van der Waals surface area contributed by atoms with Crippen molar-refractivity contribution < 1.29 is 21.6 Å². The van der Waals surface area contributed by atoms with Gasteiger partial charge in [-0.1, -0.05) is 13.8 Å². The number of hydrogen-bond acceptors (Lipinski definition) is 5. The lowest BCUT2D eigenvalue weighted by Crippen LogP contribution is -2.49. The molecule has 1 aromatic rings. The third kappa shape index (κ3) is 5.60. The minimum absolute atomic E-state index is 0.0258. The van der Waals surface area contributed by atoms with Crippen LogP contribution in [0.3, 0.4) is 0 Å². The van der Waals surface area contributed by atoms with E-state index in [4.69, 9.17) is 0 Å². The Bertz CT molecular complexity index is 947. The normalized spacial score (nSPS) is 19.1. The van der Waals surface area contributed by atoms with Crippen molar-refractivity contribution >= 4 is 26.0 Å². The molecule has 10 heteroatoms. The van der Waals surface area contributed by atoms with Crippen LogP contribution >= 0.6 is 0 Å². The van der Waals surface area contributed by atoms with Crippen LogP contribution in [-0.2, 0) is 24.8 Å². The molecule has 30 heavy (non-hydrogen) atoms. The summed E-state index contributed by atoms with van der Waals surface area (Å²) in [6.45, 7) is 10.3. The second-order valence-corrected chi connectivity index (χ2v) is 12.4. The quantitative estimate of drug-likeness (QED) is 0.672. The summed E-state index contributed by atoms with van der Waals surface area (Å²) in [6.07, 6.45) is 1.23. The van der Waals surface area contributed by atoms with E-state index < -0.39 is 26.0 Å². The smallest absolute Gasteiger partial charge is 0.243 e. The third-order valence-corrected chi connectivity index (χ3v) is 9.00. The van der Waals surface area contributed by atoms with E-state index in [1.165, 1.54) is 32.9 Å². The molecule has 0 radical (unpaired) electrons. The van der Waals surface area contributed by atoms with E-state index in [1.807, 2.05) is 20.8 Å². The van der Waals surface area contributed by atoms with Crippen LogP contribution in [-0.4, -0.2) is 63.1 Å². The number of rotatable bonds is 7. The number of hydrogen-bond donors (Lipinski definition) is 1. The second kappa shape index (κ2) is 9.33. The maximum atomic E-state index is 13.1. The summed E-state index contributed by atoms with van der Waals surface area (Å²) >= 11 is 0. The number of amides is 1. The van der Waals surface area contributed by atoms with E-state index in [0.29, 0.717) is 32.5 Å². The molecule has 1 saturated heterocycles. The van der Waals surface area contributed by atoms with Crippen LogP contribution < -0.4 is 5.32 Å². The van der Waals surface area contributed by atoms with E-state index in [9.17, 15) is 21.6 Å². The number of sulfonamides is 2. The highest BCUT2D eigenvalue weighted by Gasteiger charge is 2.34. The van der Waals surface area contributed by atoms with Crippen molar-refractivity contribution in [2.75, 3.05) is 26.2 Å². The van der Waals surface area contributed by atoms with Gasteiger partial charge in [0.25, 0.3) is 0 Å². The highest BCUT2D eigenvalue weighted by atomic mass is 32.2. The minimum atomic E-state index is -3.82. The van der Waals surface area contributed by atoms with Crippen molar-refractivity contribution in [3.63, 3.8) is 0 Å². The predicted octanol–water partition coefficient (Wildman–Crippen LogP) is 2.03. The number of carbonyl (C=O) groups is 1. The zero-order valence-electron chi connectivity index (χ0n) is 18.4. The first-order valence-electron chi connectivity index (χ1n) is 10.2. The third-order valence-electron chi connectivity index (χ3n) is 5.06. The molecule has 0 aromatic heterocycles. The zero-order valence-corrected chi connectivity index (χ0v) is 20.0. The number of nitrogens with one attached hydrogen (secondary N) is 1. The van der Waals surface area contributed by atoms with Crippen LogP contribution in [0.5, 0.6) is 0 Å². The Morgan fingerprint density at radius 2 is 1.60 bits per heavy atom. The standard InChI is InChI=1S/C20H33N3O5S2/c1-6-22(7-2)29(25,26)17-10-12-18(13-11-17)30(27,28)23-14-8-9-16(15-23)19(24)21-20(3,4)5/h10-13,16H,6-9,14-15H2,1-5H3,(H,21,24)/t16-/m1/s1. The largest absolute Gasteiger partial charge is 0.351 e. The Morgan fingerprint density at radius 3 is 2.10 bits per heavy atom. The van der Waals surface area contributed by atoms with Crippen LogP contribution in [0.4, 0.5) is 0 Å². The van der Waals surface area contributed by atoms with Gasteiger partial charge < -0.3 is 5.32 Å². The molecular formula is C20H33N3O5S2. The van der Waals surface area contributed by atoms with Crippen LogP contribution in [0.2, 0.25) is 0 Å². The molecule has 1 atom stereocenters. The molecule has 170 valence electrons. The van der Waals surface area contributed by atoms with Crippen molar-refractivity contribution in [1.82, 2.24) is 13.9 Å². The average molecular weight is 460 g/mol. The van der Waals surface area contributed by atoms with Gasteiger partial charge >= 0.3 is 0 Å². The van der Waals surface area contributed by atoms with Gasteiger partial charge in [0.1, 0.15) is 0 Å². The van der Waals surface area contributed by atoms with Gasteiger partial charge in [-0.15, -0.1) is 0 Å². The van der Waals surface area contributed by atoms with Crippen molar-refractivity contribution in [2.45, 2.75) is 62.8 Å². The SMILES string of the molecule is CCN(CC)S(=O)(=O)c1ccc(S(=O)(=O)N2CCC[C@@H](C(=O)NC(C)(C)C)C2)cc1. The lowest BCUT2D eigenvalue weighted by molar-refractivity contribution is -0.127. The minimum Gasteiger partial charge on any atom is -0.351 e. The topological polar surface area (TPSA) is 104 Å². The van der Waals surface area contributed by atoms with Gasteiger partial charge in [0.05, 0.1) is 15.7 Å². The molecule has 1 aliphatic rings. The number of nitrogens with zero attached hydrogens (tertiary/aromatic N) is 2. The Morgan fingerprint density at radius 1 is 1.07 bits per heavy atom. The van der Waals surface area contributed by atoms with Gasteiger partial charge in [-0.3, -0.25) is 4.79 Å². The summed E-state index contributed by atoms with van der Waals surface area (Å²) < 4.78 is 54.0. The fraction of sp³-hybridized carbons (Fsp3) is 0.650. The molecule has 0 aliphatic carbocycles. The van der Waals surface area contributed by atoms with Gasteiger partial charge in [-0.2, -0.15) is 8.61 Å². The van der Waals surface area contributed by atoms with Crippen molar-refractivity contribution in [2.24, 2.45) is 5.92 Å². The highest BCUT2D eigenvalue weighted by Crippen LogP contribution is 2.26. The molecule has 0 saturated carbocycles. The van der Waals surface area contributed by atoms with Gasteiger partial charge in [0.2, 0.25) is 26.0 Å². The van der Waals surface area contributed by atoms with E-state index in [2.05, 4.69) is 5.32 Å². The van der Waals surface area contributed by atoms with Crippen molar-refractivity contribution in [3.05, 3.63) is 24.3 Å². The summed E-state index contributed by atoms with van der Waals surface area (Å²) in [5.74, 6) is -0.557. The number of carbonyl (C=O) groups excluding carboxylic acids is 1. The molecule has 1 fully saturated rings. The first kappa shape index (κ1) is 24.8. The summed E-state index contributed by atoms with van der Waals surface area (Å²) in [6, 6.07) is 5.30. The second-order valence-electron chi connectivity index (χ2n) is 8.50. The molecular weight excluding hydrogens is 426 g/mol. The highest BCUT2D eigenvalue weighted by molar-refractivity contribution is 7.89. The molecule has 1 N–H and O–H groups in total. The molecule has 0 bridgehead atoms. The first-order valence-corrected chi connectivity index (χ1v) is 13.1. The lowest BCUT2D eigenvalue weighted by Gasteiger charge is -2.33. The van der Waals surface area contributed by atoms with Crippen LogP contribution in [0.25, 0.3) is 0 Å². The molecule has 0 unspecified atom stereocenters. The van der Waals surface area contributed by atoms with E-state index >= 15 is 0 Å². The summed E-state index contributed by atoms with van der Waals surface area (Å²) in [7, 11) is -7.47. The van der Waals surface area contributed by atoms with E-state index in [1.54, 1.807) is 13.8 Å². The number of benzene rings is 1. The monoisotopic (exact) mass is 459 g/mol. The van der Waals surface area contributed by atoms with Gasteiger partial charge in [0, 0.05) is 31.7 Å². The molecule has 1 heterocycles. The molecule has 1 aliphatic heterocycles. The van der Waals surface area contributed by atoms with Gasteiger partial charge in [0.15, 0.2) is 0 Å². The maximum absolute atomic E-state index is 13.1. The fourth-order valence-electron chi connectivity index (χ4n) is 3.49. The summed E-state index contributed by atoms with van der Waals surface area (Å²) in [5, 5.41) is 2.91. The van der Waals surface area contributed by atoms with Crippen molar-refractivity contribution in [1.29, 1.82) is 0 Å². The van der Waals surface area contributed by atoms with Crippen LogP contribution in [0.1, 0.15) is 47.5 Å². The molecule has 0 spiro atoms. The molecule has 1 aromatic carbocycles. The van der Waals surface area contributed by atoms with Crippen LogP contribution in [0, 0.1) is 5.92 Å². The lowest BCUT2D eigenvalue weighted by atomic mass is 9.97. The van der Waals surface area contributed by atoms with E-state index in [-0.39, 0.29) is 27.8 Å². The van der Waals surface area contributed by atoms with Gasteiger partial charge in [-0.05, 0) is 57.9 Å². The molecule has 2 rings (SSSR count). The van der Waals surface area contributed by atoms with E-state index in [0.717, 1.165) is 0 Å². The average Bonchev–Trinajstić information content (AvgIpc) is 2.67. The summed E-state index contributed by atoms with van der Waals surface area (Å²) in [5.41, 5.74) is -0.385. The fourth-order valence-corrected chi connectivity index (χ4v) is 6.47. The Labute approximate surface area is 180 Å². The molecule has 8 nitrogen and oxygen atoms in total. The molecule has 1 amide bonds. The Kier molecular flexibility index (Phi) is 7.71. The number of piperidine rings is 1.